The second kappa shape index (κ2) is 3.96. The molecule has 2 aromatic rings. The smallest absolute Gasteiger partial charge is 0.259 e. The van der Waals surface area contributed by atoms with Crippen LogP contribution in [0.2, 0.25) is 0 Å². The summed E-state index contributed by atoms with van der Waals surface area (Å²) in [6.45, 7) is 2.06. The third-order valence-corrected chi connectivity index (χ3v) is 1.99. The fraction of sp³-hybridized carbons (Fsp3) is 0.300. The molecule has 5 nitrogen and oxygen atoms in total. The number of H-pyrrole nitrogens is 1. The molecule has 76 valence electrons. The Kier molecular flexibility index (Phi) is 2.50. The number of hydrogen-bond acceptors (Lipinski definition) is 4. The van der Waals surface area contributed by atoms with Crippen molar-refractivity contribution >= 4 is 0 Å². The molecule has 0 aliphatic rings. The first-order valence-corrected chi connectivity index (χ1v) is 4.75. The normalized spacial score (nSPS) is 10.1. The predicted octanol–water partition coefficient (Wildman–Crippen LogP) is 1.89. The van der Waals surface area contributed by atoms with E-state index >= 15 is 0 Å². The minimum Gasteiger partial charge on any atom is -0.352 e. The second-order valence-corrected chi connectivity index (χ2v) is 3.18. The summed E-state index contributed by atoms with van der Waals surface area (Å²) < 4.78 is 5.07. The third-order valence-electron chi connectivity index (χ3n) is 1.99. The Balaban J connectivity index is 2.25. The van der Waals surface area contributed by atoms with Crippen LogP contribution in [0.1, 0.15) is 24.9 Å². The van der Waals surface area contributed by atoms with E-state index in [-0.39, 0.29) is 0 Å². The van der Waals surface area contributed by atoms with Crippen LogP contribution in [0.4, 0.5) is 0 Å². The lowest BCUT2D eigenvalue weighted by Crippen LogP contribution is -1.84. The van der Waals surface area contributed by atoms with E-state index in [0.29, 0.717) is 17.4 Å². The Hall–Kier alpha value is -2.09. The minimum atomic E-state index is 0.455. The first-order valence-electron chi connectivity index (χ1n) is 4.75. The molecule has 0 saturated heterocycles. The minimum absolute atomic E-state index is 0.455. The molecule has 1 N–H and O–H groups in total. The monoisotopic (exact) mass is 202 g/mol. The number of nitriles is 1. The van der Waals surface area contributed by atoms with Crippen molar-refractivity contribution in [1.29, 1.82) is 5.26 Å². The fourth-order valence-electron chi connectivity index (χ4n) is 1.28. The molecule has 0 saturated carbocycles. The zero-order valence-electron chi connectivity index (χ0n) is 8.32. The number of rotatable bonds is 3. The number of aromatic amines is 1. The summed E-state index contributed by atoms with van der Waals surface area (Å²) in [4.78, 5) is 7.02. The molecular formula is C10H10N4O. The molecule has 0 aromatic carbocycles. The zero-order chi connectivity index (χ0) is 10.7. The number of aromatic nitrogens is 3. The van der Waals surface area contributed by atoms with E-state index in [9.17, 15) is 0 Å². The van der Waals surface area contributed by atoms with E-state index < -0.39 is 0 Å². The highest BCUT2D eigenvalue weighted by Crippen LogP contribution is 2.17. The molecule has 15 heavy (non-hydrogen) atoms. The standard InChI is InChI=1S/C10H10N4O/c1-2-3-9-13-10(15-14-9)7-4-8(5-11)12-6-7/h4,6,12H,2-3H2,1H3. The molecule has 0 amide bonds. The van der Waals surface area contributed by atoms with Gasteiger partial charge in [0.25, 0.3) is 5.89 Å². The third kappa shape index (κ3) is 1.89. The van der Waals surface area contributed by atoms with Crippen LogP contribution in [0.3, 0.4) is 0 Å². The maximum Gasteiger partial charge on any atom is 0.259 e. The predicted molar refractivity (Wildman–Crippen MR) is 52.8 cm³/mol. The molecular weight excluding hydrogens is 192 g/mol. The van der Waals surface area contributed by atoms with E-state index in [1.807, 2.05) is 6.07 Å². The van der Waals surface area contributed by atoms with Gasteiger partial charge in [-0.3, -0.25) is 0 Å². The van der Waals surface area contributed by atoms with Crippen LogP contribution in [-0.2, 0) is 6.42 Å². The Labute approximate surface area is 86.7 Å². The van der Waals surface area contributed by atoms with Crippen LogP contribution in [0.5, 0.6) is 0 Å². The second-order valence-electron chi connectivity index (χ2n) is 3.18. The summed E-state index contributed by atoms with van der Waals surface area (Å²) >= 11 is 0. The molecule has 0 atom stereocenters. The van der Waals surface area contributed by atoms with Gasteiger partial charge < -0.3 is 9.51 Å². The molecule has 0 radical (unpaired) electrons. The van der Waals surface area contributed by atoms with E-state index in [1.54, 1.807) is 12.3 Å². The van der Waals surface area contributed by atoms with Gasteiger partial charge in [0, 0.05) is 12.6 Å². The zero-order valence-corrected chi connectivity index (χ0v) is 8.32. The van der Waals surface area contributed by atoms with Crippen LogP contribution < -0.4 is 0 Å². The van der Waals surface area contributed by atoms with Crippen LogP contribution in [0, 0.1) is 11.3 Å². The summed E-state index contributed by atoms with van der Waals surface area (Å²) in [5, 5.41) is 12.5. The highest BCUT2D eigenvalue weighted by atomic mass is 16.5. The van der Waals surface area contributed by atoms with Crippen molar-refractivity contribution in [3.05, 3.63) is 23.8 Å². The molecule has 2 rings (SSSR count). The molecule has 0 fully saturated rings. The van der Waals surface area contributed by atoms with E-state index in [0.717, 1.165) is 18.4 Å². The van der Waals surface area contributed by atoms with Crippen LogP contribution >= 0.6 is 0 Å². The van der Waals surface area contributed by atoms with Crippen molar-refractivity contribution in [2.75, 3.05) is 0 Å². The van der Waals surface area contributed by atoms with Crippen LogP contribution in [0.25, 0.3) is 11.5 Å². The van der Waals surface area contributed by atoms with Crippen molar-refractivity contribution in [2.45, 2.75) is 19.8 Å². The van der Waals surface area contributed by atoms with Crippen LogP contribution in [-0.4, -0.2) is 15.1 Å². The lowest BCUT2D eigenvalue weighted by molar-refractivity contribution is 0.422. The van der Waals surface area contributed by atoms with Gasteiger partial charge in [-0.2, -0.15) is 10.2 Å². The first kappa shape index (κ1) is 9.46. The highest BCUT2D eigenvalue weighted by molar-refractivity contribution is 5.54. The van der Waals surface area contributed by atoms with E-state index in [4.69, 9.17) is 9.78 Å². The van der Waals surface area contributed by atoms with E-state index in [2.05, 4.69) is 22.0 Å². The van der Waals surface area contributed by atoms with Crippen LogP contribution in [0.15, 0.2) is 16.8 Å². The Bertz CT molecular complexity index is 491. The summed E-state index contributed by atoms with van der Waals surface area (Å²) in [5.74, 6) is 1.16. The van der Waals surface area contributed by atoms with Gasteiger partial charge in [-0.05, 0) is 12.5 Å². The summed E-state index contributed by atoms with van der Waals surface area (Å²) in [6.07, 6.45) is 3.47. The molecule has 5 heteroatoms. The molecule has 2 aromatic heterocycles. The van der Waals surface area contributed by atoms with Gasteiger partial charge in [0.1, 0.15) is 11.8 Å². The van der Waals surface area contributed by atoms with Gasteiger partial charge in [0.05, 0.1) is 5.56 Å². The van der Waals surface area contributed by atoms with Gasteiger partial charge in [-0.15, -0.1) is 0 Å². The maximum absolute atomic E-state index is 8.64. The number of aryl methyl sites for hydroxylation is 1. The Morgan fingerprint density at radius 1 is 1.60 bits per heavy atom. The van der Waals surface area contributed by atoms with E-state index in [1.165, 1.54) is 0 Å². The number of nitrogens with one attached hydrogen (secondary N) is 1. The lowest BCUT2D eigenvalue weighted by Gasteiger charge is -1.84. The number of nitrogens with zero attached hydrogens (tertiary/aromatic N) is 3. The lowest BCUT2D eigenvalue weighted by atomic mass is 10.3. The number of hydrogen-bond donors (Lipinski definition) is 1. The molecule has 0 aliphatic heterocycles. The van der Waals surface area contributed by atoms with Crippen molar-refractivity contribution in [1.82, 2.24) is 15.1 Å². The summed E-state index contributed by atoms with van der Waals surface area (Å²) in [7, 11) is 0. The van der Waals surface area contributed by atoms with Gasteiger partial charge in [-0.1, -0.05) is 12.1 Å². The van der Waals surface area contributed by atoms with Gasteiger partial charge >= 0.3 is 0 Å². The molecule has 0 bridgehead atoms. The van der Waals surface area contributed by atoms with Crippen molar-refractivity contribution in [2.24, 2.45) is 0 Å². The van der Waals surface area contributed by atoms with Crippen molar-refractivity contribution in [3.63, 3.8) is 0 Å². The van der Waals surface area contributed by atoms with Gasteiger partial charge in [-0.25, -0.2) is 0 Å². The average Bonchev–Trinajstić information content (AvgIpc) is 2.85. The quantitative estimate of drug-likeness (QED) is 0.824. The molecule has 0 unspecified atom stereocenters. The fourth-order valence-corrected chi connectivity index (χ4v) is 1.28. The average molecular weight is 202 g/mol. The molecule has 2 heterocycles. The largest absolute Gasteiger partial charge is 0.352 e. The Morgan fingerprint density at radius 3 is 3.13 bits per heavy atom. The van der Waals surface area contributed by atoms with Gasteiger partial charge in [0.2, 0.25) is 0 Å². The highest BCUT2D eigenvalue weighted by Gasteiger charge is 2.09. The topological polar surface area (TPSA) is 78.5 Å². The van der Waals surface area contributed by atoms with Gasteiger partial charge in [0.15, 0.2) is 5.82 Å². The Morgan fingerprint density at radius 2 is 2.47 bits per heavy atom. The van der Waals surface area contributed by atoms with Crippen molar-refractivity contribution in [3.8, 4) is 17.5 Å². The SMILES string of the molecule is CCCc1noc(-c2c[nH]c(C#N)c2)n1. The molecule has 0 spiro atoms. The maximum atomic E-state index is 8.64. The summed E-state index contributed by atoms with van der Waals surface area (Å²) in [5.41, 5.74) is 1.24. The van der Waals surface area contributed by atoms with Crippen molar-refractivity contribution < 1.29 is 4.52 Å². The summed E-state index contributed by atoms with van der Waals surface area (Å²) in [6, 6.07) is 3.69. The first-order chi connectivity index (χ1) is 7.33. The molecule has 0 aliphatic carbocycles.